The number of anilines is 2. The van der Waals surface area contributed by atoms with Gasteiger partial charge in [0.15, 0.2) is 5.82 Å². The largest absolute Gasteiger partial charge is 0.323 e. The Kier molecular flexibility index (Phi) is 4.50. The van der Waals surface area contributed by atoms with E-state index in [1.807, 2.05) is 49.2 Å². The Hall–Kier alpha value is -3.35. The highest BCUT2D eigenvalue weighted by Crippen LogP contribution is 2.30. The lowest BCUT2D eigenvalue weighted by Crippen LogP contribution is -2.01. The molecule has 7 heteroatoms. The number of aromatic nitrogens is 6. The number of nitrogens with one attached hydrogen (secondary N) is 1. The third-order valence-electron chi connectivity index (χ3n) is 4.87. The molecule has 0 aliphatic rings. The molecular formula is C21H23N7. The SMILES string of the molecule is Cc1nn(C)cc1-c1cnc2ccc(Nc3cc(C(C)C)cnn3)nc2c1C. The summed E-state index contributed by atoms with van der Waals surface area (Å²) in [6.07, 6.45) is 5.70. The first-order chi connectivity index (χ1) is 13.4. The van der Waals surface area contributed by atoms with E-state index in [1.54, 1.807) is 6.20 Å². The Morgan fingerprint density at radius 3 is 2.57 bits per heavy atom. The molecule has 4 aromatic heterocycles. The smallest absolute Gasteiger partial charge is 0.154 e. The Bertz CT molecular complexity index is 1160. The van der Waals surface area contributed by atoms with Gasteiger partial charge in [-0.3, -0.25) is 9.67 Å². The molecule has 0 fully saturated rings. The summed E-state index contributed by atoms with van der Waals surface area (Å²) in [6.45, 7) is 8.34. The van der Waals surface area contributed by atoms with Crippen molar-refractivity contribution >= 4 is 22.7 Å². The quantitative estimate of drug-likeness (QED) is 0.574. The van der Waals surface area contributed by atoms with E-state index in [0.717, 1.165) is 39.0 Å². The molecule has 28 heavy (non-hydrogen) atoms. The average Bonchev–Trinajstić information content (AvgIpc) is 3.00. The van der Waals surface area contributed by atoms with Gasteiger partial charge in [-0.15, -0.1) is 5.10 Å². The molecule has 0 unspecified atom stereocenters. The minimum Gasteiger partial charge on any atom is -0.323 e. The fraction of sp³-hybridized carbons (Fsp3) is 0.286. The van der Waals surface area contributed by atoms with E-state index < -0.39 is 0 Å². The van der Waals surface area contributed by atoms with E-state index >= 15 is 0 Å². The van der Waals surface area contributed by atoms with Crippen LogP contribution < -0.4 is 5.32 Å². The number of nitrogens with zero attached hydrogens (tertiary/aromatic N) is 6. The second-order valence-corrected chi connectivity index (χ2v) is 7.32. The van der Waals surface area contributed by atoms with Crippen LogP contribution in [0.1, 0.15) is 36.6 Å². The predicted molar refractivity (Wildman–Crippen MR) is 111 cm³/mol. The van der Waals surface area contributed by atoms with Gasteiger partial charge in [0.25, 0.3) is 0 Å². The normalized spacial score (nSPS) is 11.4. The topological polar surface area (TPSA) is 81.4 Å². The summed E-state index contributed by atoms with van der Waals surface area (Å²) in [5.74, 6) is 1.79. The summed E-state index contributed by atoms with van der Waals surface area (Å²) in [6, 6.07) is 5.88. The van der Waals surface area contributed by atoms with Crippen molar-refractivity contribution < 1.29 is 0 Å². The van der Waals surface area contributed by atoms with Crippen molar-refractivity contribution in [1.82, 2.24) is 29.9 Å². The van der Waals surface area contributed by atoms with E-state index in [1.165, 1.54) is 0 Å². The molecule has 0 aliphatic carbocycles. The van der Waals surface area contributed by atoms with Crippen LogP contribution in [0.5, 0.6) is 0 Å². The van der Waals surface area contributed by atoms with Crippen LogP contribution in [0.25, 0.3) is 22.2 Å². The van der Waals surface area contributed by atoms with Crippen LogP contribution in [0.2, 0.25) is 0 Å². The number of fused-ring (bicyclic) bond motifs is 1. The lowest BCUT2D eigenvalue weighted by Gasteiger charge is -2.11. The van der Waals surface area contributed by atoms with Gasteiger partial charge in [0.2, 0.25) is 0 Å². The van der Waals surface area contributed by atoms with Gasteiger partial charge in [-0.1, -0.05) is 13.8 Å². The van der Waals surface area contributed by atoms with E-state index in [2.05, 4.69) is 46.4 Å². The summed E-state index contributed by atoms with van der Waals surface area (Å²) in [4.78, 5) is 9.40. The number of pyridine rings is 2. The highest BCUT2D eigenvalue weighted by Gasteiger charge is 2.13. The minimum atomic E-state index is 0.386. The molecule has 0 amide bonds. The molecule has 1 N–H and O–H groups in total. The van der Waals surface area contributed by atoms with Gasteiger partial charge in [-0.25, -0.2) is 4.98 Å². The second-order valence-electron chi connectivity index (χ2n) is 7.32. The van der Waals surface area contributed by atoms with Crippen LogP contribution in [0.3, 0.4) is 0 Å². The maximum Gasteiger partial charge on any atom is 0.154 e. The molecule has 7 nitrogen and oxygen atoms in total. The number of hydrogen-bond donors (Lipinski definition) is 1. The average molecular weight is 373 g/mol. The molecular weight excluding hydrogens is 350 g/mol. The zero-order valence-corrected chi connectivity index (χ0v) is 16.7. The van der Waals surface area contributed by atoms with E-state index in [0.29, 0.717) is 17.6 Å². The molecule has 0 atom stereocenters. The molecule has 0 saturated heterocycles. The fourth-order valence-corrected chi connectivity index (χ4v) is 3.29. The van der Waals surface area contributed by atoms with Crippen LogP contribution in [-0.2, 0) is 7.05 Å². The summed E-state index contributed by atoms with van der Waals surface area (Å²) in [5.41, 5.74) is 7.02. The van der Waals surface area contributed by atoms with Crippen molar-refractivity contribution in [2.75, 3.05) is 5.32 Å². The van der Waals surface area contributed by atoms with Crippen LogP contribution in [0.15, 0.2) is 36.8 Å². The Morgan fingerprint density at radius 1 is 1.04 bits per heavy atom. The molecule has 0 spiro atoms. The van der Waals surface area contributed by atoms with E-state index in [9.17, 15) is 0 Å². The first kappa shape index (κ1) is 18.0. The van der Waals surface area contributed by atoms with Gasteiger partial charge < -0.3 is 5.32 Å². The third-order valence-corrected chi connectivity index (χ3v) is 4.87. The number of aryl methyl sites for hydroxylation is 3. The van der Waals surface area contributed by atoms with Crippen LogP contribution >= 0.6 is 0 Å². The predicted octanol–water partition coefficient (Wildman–Crippen LogP) is 4.30. The highest BCUT2D eigenvalue weighted by atomic mass is 15.2. The molecule has 142 valence electrons. The molecule has 0 aliphatic heterocycles. The third kappa shape index (κ3) is 3.31. The van der Waals surface area contributed by atoms with Crippen LogP contribution in [0, 0.1) is 13.8 Å². The fourth-order valence-electron chi connectivity index (χ4n) is 3.29. The summed E-state index contributed by atoms with van der Waals surface area (Å²) in [5, 5.41) is 16.0. The zero-order valence-electron chi connectivity index (χ0n) is 16.7. The van der Waals surface area contributed by atoms with Crippen molar-refractivity contribution in [3.63, 3.8) is 0 Å². The van der Waals surface area contributed by atoms with Crippen molar-refractivity contribution in [2.45, 2.75) is 33.6 Å². The second kappa shape index (κ2) is 6.99. The molecule has 4 rings (SSSR count). The monoisotopic (exact) mass is 373 g/mol. The van der Waals surface area contributed by atoms with Crippen molar-refractivity contribution in [3.05, 3.63) is 53.6 Å². The zero-order chi connectivity index (χ0) is 19.8. The van der Waals surface area contributed by atoms with Crippen molar-refractivity contribution in [3.8, 4) is 11.1 Å². The van der Waals surface area contributed by atoms with Gasteiger partial charge in [-0.05, 0) is 49.1 Å². The van der Waals surface area contributed by atoms with Crippen molar-refractivity contribution in [2.24, 2.45) is 7.05 Å². The van der Waals surface area contributed by atoms with E-state index in [-0.39, 0.29) is 0 Å². The maximum absolute atomic E-state index is 4.80. The summed E-state index contributed by atoms with van der Waals surface area (Å²) >= 11 is 0. The minimum absolute atomic E-state index is 0.386. The summed E-state index contributed by atoms with van der Waals surface area (Å²) in [7, 11) is 1.92. The molecule has 0 saturated carbocycles. The maximum atomic E-state index is 4.80. The standard InChI is InChI=1S/C21H23N7/c1-12(2)15-8-20(26-23-9-15)24-19-7-6-18-21(25-19)13(3)16(10-22-18)17-11-28(5)27-14(17)4/h6-12H,1-5H3,(H,24,25,26). The Balaban J connectivity index is 1.75. The lowest BCUT2D eigenvalue weighted by molar-refractivity contribution is 0.756. The van der Waals surface area contributed by atoms with Gasteiger partial charge >= 0.3 is 0 Å². The Morgan fingerprint density at radius 2 is 1.86 bits per heavy atom. The van der Waals surface area contributed by atoms with Crippen LogP contribution in [0.4, 0.5) is 11.6 Å². The lowest BCUT2D eigenvalue weighted by atomic mass is 10.0. The molecule has 4 heterocycles. The Labute approximate surface area is 163 Å². The summed E-state index contributed by atoms with van der Waals surface area (Å²) < 4.78 is 1.82. The van der Waals surface area contributed by atoms with Gasteiger partial charge in [0.05, 0.1) is 22.9 Å². The molecule has 0 radical (unpaired) electrons. The number of rotatable bonds is 4. The van der Waals surface area contributed by atoms with Gasteiger partial charge in [0, 0.05) is 30.6 Å². The first-order valence-electron chi connectivity index (χ1n) is 9.29. The highest BCUT2D eigenvalue weighted by molar-refractivity contribution is 5.86. The molecule has 0 aromatic carbocycles. The van der Waals surface area contributed by atoms with Gasteiger partial charge in [0.1, 0.15) is 5.82 Å². The molecule has 4 aromatic rings. The first-order valence-corrected chi connectivity index (χ1v) is 9.29. The van der Waals surface area contributed by atoms with Crippen LogP contribution in [-0.4, -0.2) is 29.9 Å². The van der Waals surface area contributed by atoms with E-state index in [4.69, 9.17) is 4.98 Å². The van der Waals surface area contributed by atoms with Gasteiger partial charge in [-0.2, -0.15) is 10.2 Å². The number of hydrogen-bond acceptors (Lipinski definition) is 6. The van der Waals surface area contributed by atoms with Crippen molar-refractivity contribution in [1.29, 1.82) is 0 Å². The molecule has 0 bridgehead atoms.